The van der Waals surface area contributed by atoms with Crippen LogP contribution in [0, 0.1) is 19.3 Å². The van der Waals surface area contributed by atoms with E-state index < -0.39 is 17.0 Å². The Morgan fingerprint density at radius 2 is 1.84 bits per heavy atom. The average Bonchev–Trinajstić information content (AvgIpc) is 2.82. The molecule has 4 heterocycles. The molecule has 1 aliphatic heterocycles. The van der Waals surface area contributed by atoms with Gasteiger partial charge in [0, 0.05) is 36.7 Å². The molecule has 0 amide bonds. The quantitative estimate of drug-likeness (QED) is 0.493. The topological polar surface area (TPSA) is 94.8 Å². The number of hydrogen-bond acceptors (Lipinski definition) is 7. The van der Waals surface area contributed by atoms with E-state index in [1.807, 2.05) is 20.8 Å². The minimum absolute atomic E-state index is 0.0480. The second kappa shape index (κ2) is 8.72. The fourth-order valence-corrected chi connectivity index (χ4v) is 6.33. The Morgan fingerprint density at radius 1 is 1.11 bits per heavy atom. The van der Waals surface area contributed by atoms with E-state index in [-0.39, 0.29) is 36.8 Å². The lowest BCUT2D eigenvalue weighted by Gasteiger charge is -2.70. The molecule has 7 rings (SSSR count). The van der Waals surface area contributed by atoms with Crippen molar-refractivity contribution in [2.45, 2.75) is 82.9 Å². The number of pyridine rings is 1. The smallest absolute Gasteiger partial charge is 0.373 e. The van der Waals surface area contributed by atoms with Gasteiger partial charge < -0.3 is 10.2 Å². The first-order chi connectivity index (χ1) is 18.0. The fourth-order valence-electron chi connectivity index (χ4n) is 6.33. The summed E-state index contributed by atoms with van der Waals surface area (Å²) in [4.78, 5) is 31.3. The predicted molar refractivity (Wildman–Crippen MR) is 135 cm³/mol. The molecule has 11 heteroatoms. The van der Waals surface area contributed by atoms with Gasteiger partial charge in [-0.1, -0.05) is 6.92 Å². The first-order valence-corrected chi connectivity index (χ1v) is 13.2. The van der Waals surface area contributed by atoms with Crippen molar-refractivity contribution in [2.24, 2.45) is 5.41 Å². The van der Waals surface area contributed by atoms with Crippen LogP contribution in [0.3, 0.4) is 0 Å². The van der Waals surface area contributed by atoms with Crippen LogP contribution in [0.1, 0.15) is 85.9 Å². The van der Waals surface area contributed by atoms with Crippen LogP contribution in [-0.2, 0) is 10.2 Å². The Balaban J connectivity index is 1.34. The van der Waals surface area contributed by atoms with E-state index in [4.69, 9.17) is 19.7 Å². The first-order valence-electron chi connectivity index (χ1n) is 13.2. The van der Waals surface area contributed by atoms with E-state index >= 15 is 0 Å². The molecule has 2 bridgehead atoms. The maximum atomic E-state index is 13.6. The summed E-state index contributed by atoms with van der Waals surface area (Å²) in [6, 6.07) is 3.30. The summed E-state index contributed by atoms with van der Waals surface area (Å²) < 4.78 is 48.5. The lowest BCUT2D eigenvalue weighted by Crippen LogP contribution is -2.70. The highest BCUT2D eigenvalue weighted by Crippen LogP contribution is 2.78. The predicted octanol–water partition coefficient (Wildman–Crippen LogP) is 4.77. The van der Waals surface area contributed by atoms with Crippen LogP contribution in [0.5, 0.6) is 0 Å². The number of alkyl halides is 3. The Morgan fingerprint density at radius 3 is 2.55 bits per heavy atom. The highest BCUT2D eigenvalue weighted by atomic mass is 19.4. The first kappa shape index (κ1) is 25.2. The summed E-state index contributed by atoms with van der Waals surface area (Å²) >= 11 is 0. The zero-order chi connectivity index (χ0) is 26.9. The Bertz CT molecular complexity index is 1450. The number of rotatable bonds is 6. The van der Waals surface area contributed by atoms with E-state index in [0.29, 0.717) is 48.7 Å². The maximum absolute atomic E-state index is 13.6. The Labute approximate surface area is 218 Å². The molecule has 0 aromatic carbocycles. The molecule has 2 atom stereocenters. The molecular weight excluding hydrogens is 497 g/mol. The van der Waals surface area contributed by atoms with Crippen LogP contribution in [0.4, 0.5) is 13.2 Å². The van der Waals surface area contributed by atoms with E-state index in [2.05, 4.69) is 10.4 Å². The van der Waals surface area contributed by atoms with Crippen molar-refractivity contribution in [2.75, 3.05) is 18.6 Å². The van der Waals surface area contributed by atoms with Gasteiger partial charge in [-0.25, -0.2) is 24.6 Å². The molecule has 4 aliphatic rings. The van der Waals surface area contributed by atoms with E-state index in [1.165, 1.54) is 10.7 Å². The average molecular weight is 529 g/mol. The zero-order valence-electron chi connectivity index (χ0n) is 21.7. The highest BCUT2D eigenvalue weighted by molar-refractivity contribution is 5.75. The lowest BCUT2D eigenvalue weighted by molar-refractivity contribution is -0.337. The number of aryl methyl sites for hydroxylation is 2. The molecule has 2 unspecified atom stereocenters. The summed E-state index contributed by atoms with van der Waals surface area (Å²) in [6.07, 6.45) is -0.385. The van der Waals surface area contributed by atoms with Gasteiger partial charge in [-0.05, 0) is 64.0 Å². The number of fused-ring (bicyclic) bond motifs is 1. The van der Waals surface area contributed by atoms with Crippen LogP contribution < -0.4 is 11.0 Å². The highest BCUT2D eigenvalue weighted by Gasteiger charge is 2.79. The van der Waals surface area contributed by atoms with Crippen LogP contribution in [0.2, 0.25) is 0 Å². The maximum Gasteiger partial charge on any atom is 0.394 e. The molecule has 4 fully saturated rings. The molecule has 3 aromatic heterocycles. The van der Waals surface area contributed by atoms with Crippen molar-refractivity contribution < 1.29 is 17.9 Å². The Kier molecular flexibility index (Phi) is 5.79. The van der Waals surface area contributed by atoms with Crippen molar-refractivity contribution in [1.82, 2.24) is 24.6 Å². The van der Waals surface area contributed by atoms with Crippen LogP contribution >= 0.6 is 0 Å². The van der Waals surface area contributed by atoms with Crippen molar-refractivity contribution in [3.63, 3.8) is 0 Å². The van der Waals surface area contributed by atoms with Crippen molar-refractivity contribution >= 4 is 11.2 Å². The van der Waals surface area contributed by atoms with Gasteiger partial charge in [0.15, 0.2) is 5.65 Å². The number of nitrogens with zero attached hydrogens (tertiary/aromatic N) is 5. The zero-order valence-corrected chi connectivity index (χ0v) is 21.7. The molecule has 3 aliphatic carbocycles. The van der Waals surface area contributed by atoms with E-state index in [1.54, 1.807) is 12.3 Å². The van der Waals surface area contributed by atoms with Crippen LogP contribution in [0.25, 0.3) is 11.2 Å². The number of nitrogens with one attached hydrogen (secondary N) is 1. The number of aromatic nitrogens is 5. The van der Waals surface area contributed by atoms with Gasteiger partial charge in [-0.15, -0.1) is 0 Å². The molecule has 38 heavy (non-hydrogen) atoms. The third-order valence-electron chi connectivity index (χ3n) is 8.58. The van der Waals surface area contributed by atoms with Crippen LogP contribution in [0.15, 0.2) is 23.1 Å². The summed E-state index contributed by atoms with van der Waals surface area (Å²) in [5.41, 5.74) is 4.66. The normalized spacial score (nSPS) is 28.6. The van der Waals surface area contributed by atoms with Gasteiger partial charge in [0.05, 0.1) is 28.6 Å². The second-order valence-corrected chi connectivity index (χ2v) is 11.2. The van der Waals surface area contributed by atoms with Crippen LogP contribution in [-0.4, -0.2) is 43.9 Å². The molecule has 202 valence electrons. The monoisotopic (exact) mass is 528 g/mol. The van der Waals surface area contributed by atoms with Gasteiger partial charge in [0.25, 0.3) is 5.56 Å². The van der Waals surface area contributed by atoms with Crippen molar-refractivity contribution in [3.05, 3.63) is 57.2 Å². The second-order valence-electron chi connectivity index (χ2n) is 11.2. The standard InChI is InChI=1S/C27H31F3N6O2/c1-4-8-31-36-11-18(5-6-20(36)37)19-10-17(7-9-38-19)23-34-22(21-24(35-23)33-16(3)15(2)32-21)25-12-26(13-25,14-25)27(28,29)30/h5-6,11,17,19,31H,4,7-10,12-14H2,1-3H3. The third-order valence-corrected chi connectivity index (χ3v) is 8.58. The summed E-state index contributed by atoms with van der Waals surface area (Å²) in [7, 11) is 0. The van der Waals surface area contributed by atoms with Gasteiger partial charge in [-0.2, -0.15) is 13.2 Å². The molecule has 0 radical (unpaired) electrons. The minimum atomic E-state index is -4.20. The molecule has 1 saturated heterocycles. The third kappa shape index (κ3) is 3.88. The molecular formula is C27H31F3N6O2. The minimum Gasteiger partial charge on any atom is -0.373 e. The van der Waals surface area contributed by atoms with E-state index in [9.17, 15) is 18.0 Å². The lowest BCUT2D eigenvalue weighted by atomic mass is 9.34. The summed E-state index contributed by atoms with van der Waals surface area (Å²) in [5.74, 6) is 0.523. The fraction of sp³-hybridized carbons (Fsp3) is 0.593. The van der Waals surface area contributed by atoms with Crippen molar-refractivity contribution in [1.29, 1.82) is 0 Å². The van der Waals surface area contributed by atoms with E-state index in [0.717, 1.165) is 23.4 Å². The molecule has 3 saturated carbocycles. The van der Waals surface area contributed by atoms with Gasteiger partial charge in [0.2, 0.25) is 0 Å². The summed E-state index contributed by atoms with van der Waals surface area (Å²) in [5, 5.41) is 0. The Hall–Kier alpha value is -3.08. The summed E-state index contributed by atoms with van der Waals surface area (Å²) in [6.45, 7) is 6.88. The van der Waals surface area contributed by atoms with Gasteiger partial charge in [-0.3, -0.25) is 4.79 Å². The molecule has 0 spiro atoms. The SMILES string of the molecule is CCCNn1cc(C2CC(c3nc(C45CC(C(F)(F)F)(C4)C5)c4nc(C)c(C)nc4n3)CCO2)ccc1=O. The number of ether oxygens (including phenoxy) is 1. The van der Waals surface area contributed by atoms with Gasteiger partial charge in [0.1, 0.15) is 11.3 Å². The number of halogens is 3. The van der Waals surface area contributed by atoms with Gasteiger partial charge >= 0.3 is 6.18 Å². The molecule has 8 nitrogen and oxygen atoms in total. The number of hydrogen-bond donors (Lipinski definition) is 1. The molecule has 1 N–H and O–H groups in total. The largest absolute Gasteiger partial charge is 0.394 e. The molecule has 3 aromatic rings. The van der Waals surface area contributed by atoms with Crippen molar-refractivity contribution in [3.8, 4) is 0 Å².